The Bertz CT molecular complexity index is 442. The van der Waals surface area contributed by atoms with Crippen LogP contribution in [0.4, 0.5) is 0 Å². The smallest absolute Gasteiger partial charge is 0.208 e. The molecular formula is C11H18BrNO2S2. The summed E-state index contributed by atoms with van der Waals surface area (Å²) in [6.07, 6.45) is 2.68. The normalized spacial score (nSPS) is 13.8. The molecule has 1 heterocycles. The minimum absolute atomic E-state index is 0.0234. The summed E-state index contributed by atoms with van der Waals surface area (Å²) in [6, 6.07) is 3.54. The van der Waals surface area contributed by atoms with Crippen molar-refractivity contribution >= 4 is 37.3 Å². The molecule has 0 radical (unpaired) electrons. The van der Waals surface area contributed by atoms with Crippen LogP contribution in [-0.4, -0.2) is 19.8 Å². The van der Waals surface area contributed by atoms with Crippen molar-refractivity contribution in [1.82, 2.24) is 4.72 Å². The van der Waals surface area contributed by atoms with Gasteiger partial charge in [-0.25, -0.2) is 13.1 Å². The van der Waals surface area contributed by atoms with Crippen LogP contribution in [0.3, 0.4) is 0 Å². The Morgan fingerprint density at radius 2 is 2.18 bits per heavy atom. The Balaban J connectivity index is 2.68. The molecule has 0 aliphatic carbocycles. The number of halogens is 1. The van der Waals surface area contributed by atoms with Crippen molar-refractivity contribution < 1.29 is 8.42 Å². The van der Waals surface area contributed by atoms with Crippen molar-refractivity contribution in [2.45, 2.75) is 43.4 Å². The van der Waals surface area contributed by atoms with Crippen molar-refractivity contribution in [2.24, 2.45) is 0 Å². The van der Waals surface area contributed by atoms with Crippen LogP contribution < -0.4 is 4.72 Å². The van der Waals surface area contributed by atoms with Crippen LogP contribution in [0, 0.1) is 0 Å². The monoisotopic (exact) mass is 339 g/mol. The van der Waals surface area contributed by atoms with Crippen LogP contribution in [0.1, 0.15) is 31.6 Å². The first kappa shape index (κ1) is 15.1. The van der Waals surface area contributed by atoms with Crippen molar-refractivity contribution in [3.8, 4) is 0 Å². The zero-order valence-electron chi connectivity index (χ0n) is 10.1. The summed E-state index contributed by atoms with van der Waals surface area (Å²) in [4.78, 5) is 1.10. The minimum Gasteiger partial charge on any atom is -0.208 e. The van der Waals surface area contributed by atoms with E-state index in [1.165, 1.54) is 11.3 Å². The molecule has 1 atom stereocenters. The van der Waals surface area contributed by atoms with Gasteiger partial charge in [0.1, 0.15) is 4.21 Å². The van der Waals surface area contributed by atoms with E-state index >= 15 is 0 Å². The standard InChI is InChI=1S/C11H18BrNO2S2/c1-3-10-6-7-11(16-10)17(14,15)13-9(2)5-4-8-12/h6-7,9,13H,3-5,8H2,1-2H3. The molecule has 0 amide bonds. The van der Waals surface area contributed by atoms with Crippen LogP contribution >= 0.6 is 27.3 Å². The molecule has 1 N–H and O–H groups in total. The number of hydrogen-bond donors (Lipinski definition) is 1. The SMILES string of the molecule is CCc1ccc(S(=O)(=O)NC(C)CCCBr)s1. The van der Waals surface area contributed by atoms with Gasteiger partial charge in [-0.05, 0) is 38.3 Å². The lowest BCUT2D eigenvalue weighted by Crippen LogP contribution is -2.32. The third-order valence-electron chi connectivity index (χ3n) is 2.38. The van der Waals surface area contributed by atoms with E-state index in [9.17, 15) is 8.42 Å². The molecule has 1 aromatic rings. The molecule has 6 heteroatoms. The van der Waals surface area contributed by atoms with Gasteiger partial charge in [-0.2, -0.15) is 0 Å². The number of aryl methyl sites for hydroxylation is 1. The predicted octanol–water partition coefficient (Wildman–Crippen LogP) is 3.15. The maximum absolute atomic E-state index is 12.0. The van der Waals surface area contributed by atoms with Gasteiger partial charge in [-0.3, -0.25) is 0 Å². The average Bonchev–Trinajstić information content (AvgIpc) is 2.75. The highest BCUT2D eigenvalue weighted by molar-refractivity contribution is 9.09. The number of hydrogen-bond acceptors (Lipinski definition) is 3. The lowest BCUT2D eigenvalue weighted by Gasteiger charge is -2.12. The van der Waals surface area contributed by atoms with Gasteiger partial charge in [0.2, 0.25) is 10.0 Å². The fraction of sp³-hybridized carbons (Fsp3) is 0.636. The summed E-state index contributed by atoms with van der Waals surface area (Å²) in [5.41, 5.74) is 0. The van der Waals surface area contributed by atoms with E-state index in [4.69, 9.17) is 0 Å². The van der Waals surface area contributed by atoms with Gasteiger partial charge in [0, 0.05) is 16.2 Å². The van der Waals surface area contributed by atoms with E-state index in [0.29, 0.717) is 4.21 Å². The Kier molecular flexibility index (Phi) is 6.12. The summed E-state index contributed by atoms with van der Waals surface area (Å²) < 4.78 is 27.2. The molecule has 0 saturated heterocycles. The maximum atomic E-state index is 12.0. The second-order valence-corrected chi connectivity index (χ2v) is 7.83. The van der Waals surface area contributed by atoms with Gasteiger partial charge >= 0.3 is 0 Å². The molecule has 0 fully saturated rings. The molecular weight excluding hydrogens is 322 g/mol. The van der Waals surface area contributed by atoms with Gasteiger partial charge < -0.3 is 0 Å². The van der Waals surface area contributed by atoms with Crippen LogP contribution in [0.15, 0.2) is 16.3 Å². The number of sulfonamides is 1. The van der Waals surface area contributed by atoms with E-state index in [-0.39, 0.29) is 6.04 Å². The number of nitrogens with one attached hydrogen (secondary N) is 1. The fourth-order valence-electron chi connectivity index (χ4n) is 1.46. The number of rotatable bonds is 7. The molecule has 1 aromatic heterocycles. The summed E-state index contributed by atoms with van der Waals surface area (Å²) in [5, 5.41) is 0.901. The third-order valence-corrected chi connectivity index (χ3v) is 6.25. The molecule has 0 aromatic carbocycles. The van der Waals surface area contributed by atoms with Crippen molar-refractivity contribution in [1.29, 1.82) is 0 Å². The lowest BCUT2D eigenvalue weighted by molar-refractivity contribution is 0.547. The molecule has 1 unspecified atom stereocenters. The molecule has 0 spiro atoms. The van der Waals surface area contributed by atoms with E-state index in [2.05, 4.69) is 20.7 Å². The van der Waals surface area contributed by atoms with Crippen LogP contribution in [0.5, 0.6) is 0 Å². The van der Waals surface area contributed by atoms with E-state index in [1.54, 1.807) is 6.07 Å². The number of alkyl halides is 1. The van der Waals surface area contributed by atoms with Crippen molar-refractivity contribution in [3.63, 3.8) is 0 Å². The van der Waals surface area contributed by atoms with Gasteiger partial charge in [-0.15, -0.1) is 11.3 Å². The largest absolute Gasteiger partial charge is 0.250 e. The summed E-state index contributed by atoms with van der Waals surface area (Å²) in [5.74, 6) is 0. The van der Waals surface area contributed by atoms with Crippen LogP contribution in [0.2, 0.25) is 0 Å². The fourth-order valence-corrected chi connectivity index (χ4v) is 4.37. The van der Waals surface area contributed by atoms with E-state index in [0.717, 1.165) is 29.5 Å². The Labute approximate surface area is 116 Å². The Morgan fingerprint density at radius 3 is 2.71 bits per heavy atom. The first-order valence-corrected chi connectivity index (χ1v) is 9.08. The topological polar surface area (TPSA) is 46.2 Å². The van der Waals surface area contributed by atoms with Gasteiger partial charge in [0.15, 0.2) is 0 Å². The van der Waals surface area contributed by atoms with Crippen LogP contribution in [-0.2, 0) is 16.4 Å². The quantitative estimate of drug-likeness (QED) is 0.775. The minimum atomic E-state index is -3.33. The summed E-state index contributed by atoms with van der Waals surface area (Å²) >= 11 is 4.69. The zero-order chi connectivity index (χ0) is 12.9. The Hall–Kier alpha value is 0.0900. The third kappa shape index (κ3) is 4.69. The molecule has 1 rings (SSSR count). The zero-order valence-corrected chi connectivity index (χ0v) is 13.3. The molecule has 98 valence electrons. The summed E-state index contributed by atoms with van der Waals surface area (Å²) in [7, 11) is -3.33. The Morgan fingerprint density at radius 1 is 1.47 bits per heavy atom. The van der Waals surface area contributed by atoms with Crippen molar-refractivity contribution in [2.75, 3.05) is 5.33 Å². The maximum Gasteiger partial charge on any atom is 0.250 e. The first-order chi connectivity index (χ1) is 7.99. The predicted molar refractivity (Wildman–Crippen MR) is 76.5 cm³/mol. The van der Waals surface area contributed by atoms with Gasteiger partial charge in [0.25, 0.3) is 0 Å². The average molecular weight is 340 g/mol. The highest BCUT2D eigenvalue weighted by Crippen LogP contribution is 2.22. The van der Waals surface area contributed by atoms with Gasteiger partial charge in [-0.1, -0.05) is 22.9 Å². The highest BCUT2D eigenvalue weighted by atomic mass is 79.9. The number of thiophene rings is 1. The lowest BCUT2D eigenvalue weighted by atomic mass is 10.2. The molecule has 0 saturated carbocycles. The van der Waals surface area contributed by atoms with Crippen LogP contribution in [0.25, 0.3) is 0 Å². The molecule has 0 bridgehead atoms. The summed E-state index contributed by atoms with van der Waals surface area (Å²) in [6.45, 7) is 3.92. The first-order valence-electron chi connectivity index (χ1n) is 5.66. The van der Waals surface area contributed by atoms with Gasteiger partial charge in [0.05, 0.1) is 0 Å². The molecule has 0 aliphatic heterocycles. The second kappa shape index (κ2) is 6.87. The van der Waals surface area contributed by atoms with Crippen molar-refractivity contribution in [3.05, 3.63) is 17.0 Å². The molecule has 17 heavy (non-hydrogen) atoms. The van der Waals surface area contributed by atoms with E-state index in [1.807, 2.05) is 19.9 Å². The second-order valence-electron chi connectivity index (χ2n) is 3.93. The molecule has 3 nitrogen and oxygen atoms in total. The van der Waals surface area contributed by atoms with E-state index < -0.39 is 10.0 Å². The highest BCUT2D eigenvalue weighted by Gasteiger charge is 2.18. The molecule has 0 aliphatic rings.